The lowest BCUT2D eigenvalue weighted by atomic mass is 10.0. The Balaban J connectivity index is 1.87. The molecular formula is C18H15BrN2O2. The molecule has 0 bridgehead atoms. The van der Waals surface area contributed by atoms with Gasteiger partial charge in [-0.05, 0) is 39.2 Å². The number of esters is 1. The lowest BCUT2D eigenvalue weighted by molar-refractivity contribution is 0.0601. The predicted molar refractivity (Wildman–Crippen MR) is 93.1 cm³/mol. The first-order chi connectivity index (χ1) is 11.1. The van der Waals surface area contributed by atoms with E-state index in [1.165, 1.54) is 7.11 Å². The molecule has 0 aliphatic rings. The number of ether oxygens (including phenoxy) is 1. The molecule has 0 saturated heterocycles. The van der Waals surface area contributed by atoms with Gasteiger partial charge in [0.25, 0.3) is 0 Å². The molecule has 1 aromatic heterocycles. The summed E-state index contributed by atoms with van der Waals surface area (Å²) in [6.45, 7) is 0. The Hall–Kier alpha value is -2.40. The molecule has 0 radical (unpaired) electrons. The van der Waals surface area contributed by atoms with E-state index < -0.39 is 0 Å². The quantitative estimate of drug-likeness (QED) is 0.645. The lowest BCUT2D eigenvalue weighted by Gasteiger charge is -2.05. The van der Waals surface area contributed by atoms with Crippen molar-refractivity contribution in [2.75, 3.05) is 7.11 Å². The fourth-order valence-corrected chi connectivity index (χ4v) is 3.00. The van der Waals surface area contributed by atoms with E-state index in [2.05, 4.69) is 21.0 Å². The second-order valence-corrected chi connectivity index (χ2v) is 6.00. The Morgan fingerprint density at radius 2 is 1.52 bits per heavy atom. The van der Waals surface area contributed by atoms with Crippen molar-refractivity contribution in [2.24, 2.45) is 7.05 Å². The number of methoxy groups -OCH3 is 1. The number of carbonyl (C=O) groups excluding carboxylic acids is 1. The molecule has 0 amide bonds. The van der Waals surface area contributed by atoms with Gasteiger partial charge in [0.1, 0.15) is 5.69 Å². The minimum absolute atomic E-state index is 0.327. The monoisotopic (exact) mass is 370 g/mol. The molecule has 23 heavy (non-hydrogen) atoms. The van der Waals surface area contributed by atoms with Crippen LogP contribution in [-0.2, 0) is 11.8 Å². The van der Waals surface area contributed by atoms with Crippen LogP contribution in [0.4, 0.5) is 0 Å². The topological polar surface area (TPSA) is 44.1 Å². The number of halogens is 1. The molecule has 0 fully saturated rings. The van der Waals surface area contributed by atoms with Gasteiger partial charge in [-0.2, -0.15) is 5.10 Å². The zero-order valence-electron chi connectivity index (χ0n) is 12.8. The normalized spacial score (nSPS) is 10.6. The second-order valence-electron chi connectivity index (χ2n) is 5.15. The molecule has 0 saturated carbocycles. The van der Waals surface area contributed by atoms with Crippen molar-refractivity contribution in [3.63, 3.8) is 0 Å². The van der Waals surface area contributed by atoms with Gasteiger partial charge >= 0.3 is 5.97 Å². The van der Waals surface area contributed by atoms with Gasteiger partial charge in [0, 0.05) is 18.8 Å². The summed E-state index contributed by atoms with van der Waals surface area (Å²) in [5.41, 5.74) is 4.64. The molecule has 0 aliphatic carbocycles. The maximum atomic E-state index is 11.5. The van der Waals surface area contributed by atoms with Crippen molar-refractivity contribution in [1.82, 2.24) is 9.78 Å². The summed E-state index contributed by atoms with van der Waals surface area (Å²) in [5.74, 6) is -0.327. The maximum Gasteiger partial charge on any atom is 0.337 e. The SMILES string of the molecule is COC(=O)c1ccc(-c2ccc(-c3nn(C)cc3Br)cc2)cc1. The minimum Gasteiger partial charge on any atom is -0.465 e. The molecule has 5 heteroatoms. The average Bonchev–Trinajstić information content (AvgIpc) is 2.93. The Bertz CT molecular complexity index is 836. The largest absolute Gasteiger partial charge is 0.465 e. The zero-order chi connectivity index (χ0) is 16.4. The van der Waals surface area contributed by atoms with Crippen LogP contribution in [0.15, 0.2) is 59.2 Å². The fraction of sp³-hybridized carbons (Fsp3) is 0.111. The van der Waals surface area contributed by atoms with Gasteiger partial charge in [0.2, 0.25) is 0 Å². The number of rotatable bonds is 3. The van der Waals surface area contributed by atoms with Crippen LogP contribution in [0.2, 0.25) is 0 Å². The van der Waals surface area contributed by atoms with Crippen LogP contribution in [0.25, 0.3) is 22.4 Å². The molecule has 0 aliphatic heterocycles. The van der Waals surface area contributed by atoms with Gasteiger partial charge in [0.05, 0.1) is 17.1 Å². The summed E-state index contributed by atoms with van der Waals surface area (Å²) in [6, 6.07) is 15.5. The average molecular weight is 371 g/mol. The van der Waals surface area contributed by atoms with E-state index in [0.717, 1.165) is 26.9 Å². The molecule has 2 aromatic carbocycles. The number of carbonyl (C=O) groups is 1. The van der Waals surface area contributed by atoms with Crippen molar-refractivity contribution >= 4 is 21.9 Å². The zero-order valence-corrected chi connectivity index (χ0v) is 14.4. The Kier molecular flexibility index (Phi) is 4.30. The van der Waals surface area contributed by atoms with Gasteiger partial charge in [0.15, 0.2) is 0 Å². The van der Waals surface area contributed by atoms with Gasteiger partial charge < -0.3 is 4.74 Å². The smallest absolute Gasteiger partial charge is 0.337 e. The molecule has 0 N–H and O–H groups in total. The summed E-state index contributed by atoms with van der Waals surface area (Å²) in [5, 5.41) is 4.44. The highest BCUT2D eigenvalue weighted by Gasteiger charge is 2.09. The Labute approximate surface area is 142 Å². The number of hydrogen-bond donors (Lipinski definition) is 0. The third kappa shape index (κ3) is 3.19. The molecule has 0 spiro atoms. The van der Waals surface area contributed by atoms with E-state index in [4.69, 9.17) is 4.74 Å². The molecule has 3 aromatic rings. The minimum atomic E-state index is -0.327. The first-order valence-corrected chi connectivity index (χ1v) is 7.86. The van der Waals surface area contributed by atoms with Crippen LogP contribution in [-0.4, -0.2) is 22.9 Å². The van der Waals surface area contributed by atoms with E-state index >= 15 is 0 Å². The highest BCUT2D eigenvalue weighted by atomic mass is 79.9. The van der Waals surface area contributed by atoms with E-state index in [1.54, 1.807) is 16.8 Å². The van der Waals surface area contributed by atoms with E-state index in [0.29, 0.717) is 5.56 Å². The number of aryl methyl sites for hydroxylation is 1. The maximum absolute atomic E-state index is 11.5. The highest BCUT2D eigenvalue weighted by molar-refractivity contribution is 9.10. The summed E-state index contributed by atoms with van der Waals surface area (Å²) in [4.78, 5) is 11.5. The van der Waals surface area contributed by atoms with Crippen molar-refractivity contribution in [3.8, 4) is 22.4 Å². The summed E-state index contributed by atoms with van der Waals surface area (Å²) >= 11 is 3.52. The molecule has 4 nitrogen and oxygen atoms in total. The first kappa shape index (κ1) is 15.5. The third-order valence-electron chi connectivity index (χ3n) is 3.58. The summed E-state index contributed by atoms with van der Waals surface area (Å²) in [7, 11) is 3.27. The van der Waals surface area contributed by atoms with Crippen molar-refractivity contribution < 1.29 is 9.53 Å². The predicted octanol–water partition coefficient (Wildman–Crippen LogP) is 4.30. The molecule has 1 heterocycles. The van der Waals surface area contributed by atoms with Crippen molar-refractivity contribution in [2.45, 2.75) is 0 Å². The van der Waals surface area contributed by atoms with Crippen molar-refractivity contribution in [3.05, 3.63) is 64.8 Å². The van der Waals surface area contributed by atoms with Crippen LogP contribution in [0.3, 0.4) is 0 Å². The number of benzene rings is 2. The van der Waals surface area contributed by atoms with E-state index in [1.807, 2.05) is 49.6 Å². The number of aromatic nitrogens is 2. The molecule has 116 valence electrons. The fourth-order valence-electron chi connectivity index (χ4n) is 2.39. The van der Waals surface area contributed by atoms with Crippen LogP contribution in [0.5, 0.6) is 0 Å². The van der Waals surface area contributed by atoms with Crippen molar-refractivity contribution in [1.29, 1.82) is 0 Å². The Morgan fingerprint density at radius 3 is 2.00 bits per heavy atom. The summed E-state index contributed by atoms with van der Waals surface area (Å²) in [6.07, 6.45) is 1.93. The van der Waals surface area contributed by atoms with Crippen LogP contribution in [0, 0.1) is 0 Å². The second kappa shape index (κ2) is 6.38. The number of hydrogen-bond acceptors (Lipinski definition) is 3. The van der Waals surface area contributed by atoms with Gasteiger partial charge in [-0.1, -0.05) is 36.4 Å². The molecule has 0 unspecified atom stereocenters. The molecule has 0 atom stereocenters. The van der Waals surface area contributed by atoms with Gasteiger partial charge in [-0.15, -0.1) is 0 Å². The van der Waals surface area contributed by atoms with Crippen LogP contribution < -0.4 is 0 Å². The highest BCUT2D eigenvalue weighted by Crippen LogP contribution is 2.28. The lowest BCUT2D eigenvalue weighted by Crippen LogP contribution is -2.00. The Morgan fingerprint density at radius 1 is 1.00 bits per heavy atom. The number of nitrogens with zero attached hydrogens (tertiary/aromatic N) is 2. The van der Waals surface area contributed by atoms with E-state index in [-0.39, 0.29) is 5.97 Å². The van der Waals surface area contributed by atoms with E-state index in [9.17, 15) is 4.79 Å². The third-order valence-corrected chi connectivity index (χ3v) is 4.16. The van der Waals surface area contributed by atoms with Gasteiger partial charge in [-0.3, -0.25) is 4.68 Å². The summed E-state index contributed by atoms with van der Waals surface area (Å²) < 4.78 is 7.45. The van der Waals surface area contributed by atoms with Crippen LogP contribution >= 0.6 is 15.9 Å². The first-order valence-electron chi connectivity index (χ1n) is 7.07. The van der Waals surface area contributed by atoms with Crippen LogP contribution in [0.1, 0.15) is 10.4 Å². The van der Waals surface area contributed by atoms with Gasteiger partial charge in [-0.25, -0.2) is 4.79 Å². The molecular weight excluding hydrogens is 356 g/mol. The standard InChI is InChI=1S/C18H15BrN2O2/c1-21-11-16(19)17(20-21)14-7-3-12(4-8-14)13-5-9-15(10-6-13)18(22)23-2/h3-11H,1-2H3. The molecule has 3 rings (SSSR count).